The Hall–Kier alpha value is -2.06. The van der Waals surface area contributed by atoms with Crippen LogP contribution in [-0.4, -0.2) is 52.2 Å². The van der Waals surface area contributed by atoms with Crippen molar-refractivity contribution in [1.29, 1.82) is 0 Å². The van der Waals surface area contributed by atoms with Crippen molar-refractivity contribution in [2.75, 3.05) is 40.4 Å². The lowest BCUT2D eigenvalue weighted by Crippen LogP contribution is -2.50. The predicted octanol–water partition coefficient (Wildman–Crippen LogP) is 22.0. The molecule has 2 aromatic carbocycles. The first-order chi connectivity index (χ1) is 38.8. The number of aryl methyl sites for hydroxylation is 2. The van der Waals surface area contributed by atoms with E-state index in [0.717, 1.165) is 48.3 Å². The first-order valence-electron chi connectivity index (χ1n) is 34.9. The van der Waals surface area contributed by atoms with Gasteiger partial charge in [-0.3, -0.25) is 0 Å². The lowest BCUT2D eigenvalue weighted by atomic mass is 9.99. The van der Waals surface area contributed by atoms with Gasteiger partial charge in [-0.15, -0.1) is 0 Å². The molecular weight excluding hydrogens is 970 g/mol. The summed E-state index contributed by atoms with van der Waals surface area (Å²) in [5, 5.41) is 12.7. The summed E-state index contributed by atoms with van der Waals surface area (Å²) < 4.78 is 23.8. The standard InChI is InChI=1S/C40H66BO5.C32H68N/c1-5-7-9-11-13-15-17-19-21-23-25-35-31-39(43-3)29-27-37(35)33-45-41(42)46-34-38-28-30-40(44-4)32-36(38)26-24-22-20-18-16-14-12-10-8-6-2;1-5-9-13-17-21-25-29-33(30-26-22-18-14-10-6-2,31-27-23-19-15-11-7-3)32-28-24-20-16-12-8-4/h27-32H,5-26,33-34H2,1-4H3;5-32H2,1-4H3/q-1;+1. The highest BCUT2D eigenvalue weighted by atomic mass is 16.7. The molecule has 0 aliphatic rings. The molecule has 0 aromatic heterocycles. The molecule has 2 rings (SSSR count). The molecule has 6 nitrogen and oxygen atoms in total. The topological polar surface area (TPSA) is 60.0 Å². The lowest BCUT2D eigenvalue weighted by molar-refractivity contribution is -0.929. The molecule has 7 heteroatoms. The minimum atomic E-state index is -1.54. The summed E-state index contributed by atoms with van der Waals surface area (Å²) >= 11 is 0. The maximum absolute atomic E-state index is 12.7. The number of methoxy groups -OCH3 is 2. The van der Waals surface area contributed by atoms with Crippen LogP contribution in [0.4, 0.5) is 0 Å². The Balaban J connectivity index is 0.000000837. The number of hydrogen-bond acceptors (Lipinski definition) is 5. The van der Waals surface area contributed by atoms with Gasteiger partial charge < -0.3 is 28.3 Å². The van der Waals surface area contributed by atoms with Crippen LogP contribution < -0.4 is 14.5 Å². The molecule has 0 spiro atoms. The van der Waals surface area contributed by atoms with E-state index in [1.54, 1.807) is 14.2 Å². The fraction of sp³-hybridized carbons (Fsp3) is 0.833. The van der Waals surface area contributed by atoms with Gasteiger partial charge in [-0.1, -0.05) is 272 Å². The Kier molecular flexibility index (Phi) is 53.5. The number of quaternary nitrogens is 1. The van der Waals surface area contributed by atoms with E-state index in [0.29, 0.717) is 0 Å². The van der Waals surface area contributed by atoms with Crippen LogP contribution in [0.25, 0.3) is 0 Å². The van der Waals surface area contributed by atoms with Crippen LogP contribution in [0.1, 0.15) is 346 Å². The van der Waals surface area contributed by atoms with E-state index in [4.69, 9.17) is 18.8 Å². The van der Waals surface area contributed by atoms with E-state index in [-0.39, 0.29) is 13.2 Å². The molecule has 79 heavy (non-hydrogen) atoms. The van der Waals surface area contributed by atoms with E-state index in [2.05, 4.69) is 53.7 Å². The summed E-state index contributed by atoms with van der Waals surface area (Å²) in [6.45, 7) is 20.3. The van der Waals surface area contributed by atoms with Gasteiger partial charge in [0.25, 0.3) is 0 Å². The average molecular weight is 1100 g/mol. The monoisotopic (exact) mass is 1100 g/mol. The number of unbranched alkanes of at least 4 members (excludes halogenated alkanes) is 38. The first-order valence-corrected chi connectivity index (χ1v) is 34.9. The van der Waals surface area contributed by atoms with Gasteiger partial charge in [0.05, 0.1) is 53.6 Å². The Bertz CT molecular complexity index is 1420. The van der Waals surface area contributed by atoms with Crippen molar-refractivity contribution in [2.45, 2.75) is 350 Å². The van der Waals surface area contributed by atoms with Crippen molar-refractivity contribution in [3.63, 3.8) is 0 Å². The zero-order valence-electron chi connectivity index (χ0n) is 54.3. The highest BCUT2D eigenvalue weighted by Gasteiger charge is 2.26. The molecule has 2 aromatic rings. The number of ether oxygens (including phenoxy) is 2. The second kappa shape index (κ2) is 56.4. The zero-order chi connectivity index (χ0) is 57.4. The second-order valence-corrected chi connectivity index (χ2v) is 24.4. The van der Waals surface area contributed by atoms with Crippen molar-refractivity contribution >= 4 is 7.32 Å². The summed E-state index contributed by atoms with van der Waals surface area (Å²) in [4.78, 5) is 0. The van der Waals surface area contributed by atoms with Gasteiger partial charge in [0.15, 0.2) is 0 Å². The van der Waals surface area contributed by atoms with E-state index in [9.17, 15) is 5.02 Å². The molecule has 0 atom stereocenters. The van der Waals surface area contributed by atoms with Crippen molar-refractivity contribution in [3.05, 3.63) is 58.7 Å². The van der Waals surface area contributed by atoms with Crippen molar-refractivity contribution in [2.24, 2.45) is 0 Å². The van der Waals surface area contributed by atoms with Crippen molar-refractivity contribution in [1.82, 2.24) is 0 Å². The molecule has 0 radical (unpaired) electrons. The van der Waals surface area contributed by atoms with Crippen LogP contribution in [0.15, 0.2) is 36.4 Å². The van der Waals surface area contributed by atoms with Crippen molar-refractivity contribution < 1.29 is 28.3 Å². The third-order valence-electron chi connectivity index (χ3n) is 17.1. The van der Waals surface area contributed by atoms with Crippen molar-refractivity contribution in [3.8, 4) is 11.5 Å². The maximum atomic E-state index is 12.7. The smallest absolute Gasteiger partial charge is 0.345 e. The molecule has 0 fully saturated rings. The molecule has 0 aliphatic heterocycles. The molecule has 0 saturated heterocycles. The highest BCUT2D eigenvalue weighted by molar-refractivity contribution is 6.32. The molecular formula is C72H134BNO5. The van der Waals surface area contributed by atoms with Crippen LogP contribution >= 0.6 is 0 Å². The van der Waals surface area contributed by atoms with Gasteiger partial charge in [-0.05, 0) is 124 Å². The summed E-state index contributed by atoms with van der Waals surface area (Å²) in [6, 6.07) is 12.1. The van der Waals surface area contributed by atoms with E-state index in [1.807, 2.05) is 24.3 Å². The predicted molar refractivity (Wildman–Crippen MR) is 346 cm³/mol. The van der Waals surface area contributed by atoms with Gasteiger partial charge in [0, 0.05) is 0 Å². The normalized spacial score (nSPS) is 11.6. The fourth-order valence-electron chi connectivity index (χ4n) is 11.8. The van der Waals surface area contributed by atoms with Gasteiger partial charge in [-0.2, -0.15) is 0 Å². The molecule has 0 heterocycles. The fourth-order valence-corrected chi connectivity index (χ4v) is 11.8. The summed E-state index contributed by atoms with van der Waals surface area (Å²) in [7, 11) is 1.85. The third-order valence-corrected chi connectivity index (χ3v) is 17.1. The second-order valence-electron chi connectivity index (χ2n) is 24.4. The minimum Gasteiger partial charge on any atom is -0.832 e. The zero-order valence-corrected chi connectivity index (χ0v) is 54.3. The van der Waals surface area contributed by atoms with Gasteiger partial charge in [0.2, 0.25) is 0 Å². The number of rotatable bonds is 58. The van der Waals surface area contributed by atoms with Crippen LogP contribution in [0.2, 0.25) is 0 Å². The molecule has 0 saturated carbocycles. The number of benzene rings is 2. The van der Waals surface area contributed by atoms with Gasteiger partial charge >= 0.3 is 7.32 Å². The summed E-state index contributed by atoms with van der Waals surface area (Å²) in [5.74, 6) is 1.69. The Morgan fingerprint density at radius 1 is 0.304 bits per heavy atom. The first kappa shape index (κ1) is 75.0. The maximum Gasteiger partial charge on any atom is 0.345 e. The SMILES string of the molecule is CCCCCCCCCCCCc1cc(OC)ccc1COB([O-])OCc1ccc(OC)cc1CCCCCCCCCCCC.CCCCCCCC[N+](CCCCCCCC)(CCCCCCCC)CCCCCCCC. The van der Waals surface area contributed by atoms with Gasteiger partial charge in [-0.25, -0.2) is 0 Å². The van der Waals surface area contributed by atoms with Crippen LogP contribution in [0.5, 0.6) is 11.5 Å². The Labute approximate surface area is 494 Å². The lowest BCUT2D eigenvalue weighted by Gasteiger charge is -2.40. The molecule has 0 N–H and O–H groups in total. The number of nitrogens with zero attached hydrogens (tertiary/aromatic N) is 1. The molecule has 0 bridgehead atoms. The Morgan fingerprint density at radius 2 is 0.532 bits per heavy atom. The van der Waals surface area contributed by atoms with Crippen LogP contribution in [0.3, 0.4) is 0 Å². The molecule has 0 amide bonds. The minimum absolute atomic E-state index is 0.235. The summed E-state index contributed by atoms with van der Waals surface area (Å²) in [6.07, 6.45) is 63.0. The van der Waals surface area contributed by atoms with Gasteiger partial charge in [0.1, 0.15) is 11.5 Å². The third kappa shape index (κ3) is 43.3. The van der Waals surface area contributed by atoms with E-state index >= 15 is 0 Å². The highest BCUT2D eigenvalue weighted by Crippen LogP contribution is 2.25. The summed E-state index contributed by atoms with van der Waals surface area (Å²) in [5.41, 5.74) is 4.46. The molecule has 0 unspecified atom stereocenters. The van der Waals surface area contributed by atoms with E-state index < -0.39 is 7.32 Å². The molecule has 0 aliphatic carbocycles. The average Bonchev–Trinajstić information content (AvgIpc) is 3.48. The Morgan fingerprint density at radius 3 is 0.772 bits per heavy atom. The van der Waals surface area contributed by atoms with Crippen LogP contribution in [-0.2, 0) is 35.4 Å². The largest absolute Gasteiger partial charge is 0.832 e. The quantitative estimate of drug-likeness (QED) is 0.0375. The van der Waals surface area contributed by atoms with E-state index in [1.165, 1.54) is 311 Å². The molecule has 460 valence electrons. The number of hydrogen-bond donors (Lipinski definition) is 0. The van der Waals surface area contributed by atoms with Crippen LogP contribution in [0, 0.1) is 0 Å².